The van der Waals surface area contributed by atoms with Crippen LogP contribution in [0, 0.1) is 6.92 Å². The van der Waals surface area contributed by atoms with E-state index in [-0.39, 0.29) is 5.69 Å². The van der Waals surface area contributed by atoms with Gasteiger partial charge in [0, 0.05) is 4.47 Å². The Balaban J connectivity index is 2.63. The first-order chi connectivity index (χ1) is 7.61. The first-order valence-electron chi connectivity index (χ1n) is 4.50. The fraction of sp³-hybridized carbons (Fsp3) is 0.100. The molecular weight excluding hydrogens is 274 g/mol. The lowest BCUT2D eigenvalue weighted by atomic mass is 10.2. The fourth-order valence-corrected chi connectivity index (χ4v) is 1.74. The topological polar surface area (TPSA) is 68.0 Å². The van der Waals surface area contributed by atoms with Crippen LogP contribution >= 0.6 is 15.9 Å². The van der Waals surface area contributed by atoms with E-state index < -0.39 is 5.97 Å². The SMILES string of the molecule is Cc1c(Br)cccc1-n1nncc1C(=O)O. The molecule has 6 heteroatoms. The third-order valence-electron chi connectivity index (χ3n) is 2.24. The number of hydrogen-bond donors (Lipinski definition) is 1. The number of carbonyl (C=O) groups is 1. The molecule has 0 atom stereocenters. The zero-order valence-electron chi connectivity index (χ0n) is 8.38. The average molecular weight is 282 g/mol. The summed E-state index contributed by atoms with van der Waals surface area (Å²) in [5.74, 6) is -1.05. The molecule has 0 aliphatic carbocycles. The van der Waals surface area contributed by atoms with Crippen LogP contribution in [0.5, 0.6) is 0 Å². The van der Waals surface area contributed by atoms with Gasteiger partial charge < -0.3 is 5.11 Å². The standard InChI is InChI=1S/C10H8BrN3O2/c1-6-7(11)3-2-4-8(6)14-9(10(15)16)5-12-13-14/h2-5H,1H3,(H,15,16). The summed E-state index contributed by atoms with van der Waals surface area (Å²) in [5.41, 5.74) is 1.65. The monoisotopic (exact) mass is 281 g/mol. The van der Waals surface area contributed by atoms with E-state index in [4.69, 9.17) is 5.11 Å². The highest BCUT2D eigenvalue weighted by Gasteiger charge is 2.14. The lowest BCUT2D eigenvalue weighted by Crippen LogP contribution is -2.09. The average Bonchev–Trinajstić information content (AvgIpc) is 2.70. The summed E-state index contributed by atoms with van der Waals surface area (Å²) in [4.78, 5) is 10.9. The first-order valence-corrected chi connectivity index (χ1v) is 5.30. The molecule has 1 heterocycles. The number of carboxylic acid groups (broad SMARTS) is 1. The van der Waals surface area contributed by atoms with E-state index in [2.05, 4.69) is 26.2 Å². The Hall–Kier alpha value is -1.69. The molecule has 82 valence electrons. The van der Waals surface area contributed by atoms with E-state index >= 15 is 0 Å². The van der Waals surface area contributed by atoms with Crippen molar-refractivity contribution in [2.24, 2.45) is 0 Å². The second-order valence-electron chi connectivity index (χ2n) is 3.22. The molecule has 2 rings (SSSR count). The summed E-state index contributed by atoms with van der Waals surface area (Å²) in [6.45, 7) is 1.88. The number of benzene rings is 1. The van der Waals surface area contributed by atoms with Crippen LogP contribution in [0.25, 0.3) is 5.69 Å². The van der Waals surface area contributed by atoms with E-state index in [1.807, 2.05) is 19.1 Å². The van der Waals surface area contributed by atoms with E-state index in [0.29, 0.717) is 5.69 Å². The minimum atomic E-state index is -1.05. The molecule has 0 aliphatic rings. The maximum Gasteiger partial charge on any atom is 0.356 e. The summed E-state index contributed by atoms with van der Waals surface area (Å²) >= 11 is 3.38. The normalized spacial score (nSPS) is 10.4. The van der Waals surface area contributed by atoms with Gasteiger partial charge in [-0.25, -0.2) is 9.48 Å². The molecule has 0 bridgehead atoms. The third-order valence-corrected chi connectivity index (χ3v) is 3.09. The third kappa shape index (κ3) is 1.71. The van der Waals surface area contributed by atoms with Crippen molar-refractivity contribution in [3.05, 3.63) is 40.1 Å². The lowest BCUT2D eigenvalue weighted by Gasteiger charge is -2.07. The Morgan fingerprint density at radius 1 is 1.50 bits per heavy atom. The molecule has 1 N–H and O–H groups in total. The quantitative estimate of drug-likeness (QED) is 0.915. The van der Waals surface area contributed by atoms with E-state index in [1.54, 1.807) is 6.07 Å². The van der Waals surface area contributed by atoms with Crippen molar-refractivity contribution in [1.29, 1.82) is 0 Å². The van der Waals surface area contributed by atoms with E-state index in [0.717, 1.165) is 10.0 Å². The molecule has 16 heavy (non-hydrogen) atoms. The molecule has 0 saturated heterocycles. The summed E-state index contributed by atoms with van der Waals surface area (Å²) in [7, 11) is 0. The first kappa shape index (κ1) is 10.8. The fourth-order valence-electron chi connectivity index (χ4n) is 1.38. The molecule has 5 nitrogen and oxygen atoms in total. The van der Waals surface area contributed by atoms with Gasteiger partial charge in [-0.3, -0.25) is 0 Å². The summed E-state index contributed by atoms with van der Waals surface area (Å²) in [6.07, 6.45) is 1.22. The van der Waals surface area contributed by atoms with Gasteiger partial charge in [-0.15, -0.1) is 5.10 Å². The number of hydrogen-bond acceptors (Lipinski definition) is 3. The van der Waals surface area contributed by atoms with Gasteiger partial charge in [-0.2, -0.15) is 0 Å². The zero-order chi connectivity index (χ0) is 11.7. The molecule has 0 radical (unpaired) electrons. The van der Waals surface area contributed by atoms with Crippen LogP contribution in [0.3, 0.4) is 0 Å². The summed E-state index contributed by atoms with van der Waals surface area (Å²) in [5, 5.41) is 16.3. The van der Waals surface area contributed by atoms with Gasteiger partial charge in [0.05, 0.1) is 11.9 Å². The smallest absolute Gasteiger partial charge is 0.356 e. The van der Waals surface area contributed by atoms with E-state index in [9.17, 15) is 4.79 Å². The van der Waals surface area contributed by atoms with E-state index in [1.165, 1.54) is 10.9 Å². The number of nitrogens with zero attached hydrogens (tertiary/aromatic N) is 3. The van der Waals surface area contributed by atoms with Crippen molar-refractivity contribution >= 4 is 21.9 Å². The Morgan fingerprint density at radius 2 is 2.25 bits per heavy atom. The molecule has 0 spiro atoms. The van der Waals surface area contributed by atoms with Crippen LogP contribution in [-0.4, -0.2) is 26.1 Å². The van der Waals surface area contributed by atoms with Crippen molar-refractivity contribution in [3.8, 4) is 5.69 Å². The van der Waals surface area contributed by atoms with Crippen LogP contribution in [0.1, 0.15) is 16.1 Å². The molecule has 0 unspecified atom stereocenters. The Morgan fingerprint density at radius 3 is 2.94 bits per heavy atom. The minimum absolute atomic E-state index is 0.0428. The van der Waals surface area contributed by atoms with Gasteiger partial charge >= 0.3 is 5.97 Å². The molecule has 0 fully saturated rings. The van der Waals surface area contributed by atoms with Crippen LogP contribution in [0.15, 0.2) is 28.9 Å². The summed E-state index contributed by atoms with van der Waals surface area (Å²) < 4.78 is 2.21. The van der Waals surface area contributed by atoms with Gasteiger partial charge in [-0.05, 0) is 24.6 Å². The van der Waals surface area contributed by atoms with Crippen molar-refractivity contribution < 1.29 is 9.90 Å². The lowest BCUT2D eigenvalue weighted by molar-refractivity contribution is 0.0687. The predicted octanol–water partition coefficient (Wildman–Crippen LogP) is 2.04. The summed E-state index contributed by atoms with van der Waals surface area (Å²) in [6, 6.07) is 5.50. The van der Waals surface area contributed by atoms with Crippen LogP contribution in [-0.2, 0) is 0 Å². The Bertz CT molecular complexity index is 551. The van der Waals surface area contributed by atoms with Gasteiger partial charge in [0.25, 0.3) is 0 Å². The molecule has 2 aromatic rings. The second-order valence-corrected chi connectivity index (χ2v) is 4.07. The van der Waals surface area contributed by atoms with Crippen molar-refractivity contribution in [3.63, 3.8) is 0 Å². The highest BCUT2D eigenvalue weighted by Crippen LogP contribution is 2.22. The molecule has 1 aromatic carbocycles. The molecule has 0 amide bonds. The largest absolute Gasteiger partial charge is 0.476 e. The Labute approximate surface area is 99.8 Å². The number of halogens is 1. The van der Waals surface area contributed by atoms with Gasteiger partial charge in [-0.1, -0.05) is 27.2 Å². The Kier molecular flexibility index (Phi) is 2.74. The van der Waals surface area contributed by atoms with Crippen LogP contribution < -0.4 is 0 Å². The number of rotatable bonds is 2. The van der Waals surface area contributed by atoms with Gasteiger partial charge in [0.2, 0.25) is 0 Å². The molecule has 0 aliphatic heterocycles. The maximum absolute atomic E-state index is 10.9. The van der Waals surface area contributed by atoms with Crippen LogP contribution in [0.4, 0.5) is 0 Å². The number of aromatic nitrogens is 3. The molecular formula is C10H8BrN3O2. The predicted molar refractivity (Wildman–Crippen MR) is 60.8 cm³/mol. The number of carboxylic acids is 1. The minimum Gasteiger partial charge on any atom is -0.476 e. The molecule has 0 saturated carbocycles. The molecule has 1 aromatic heterocycles. The van der Waals surface area contributed by atoms with Crippen molar-refractivity contribution in [1.82, 2.24) is 15.0 Å². The van der Waals surface area contributed by atoms with Crippen LogP contribution in [0.2, 0.25) is 0 Å². The van der Waals surface area contributed by atoms with Gasteiger partial charge in [0.1, 0.15) is 0 Å². The number of aromatic carboxylic acids is 1. The second kappa shape index (κ2) is 4.05. The highest BCUT2D eigenvalue weighted by molar-refractivity contribution is 9.10. The van der Waals surface area contributed by atoms with Crippen molar-refractivity contribution in [2.45, 2.75) is 6.92 Å². The maximum atomic E-state index is 10.9. The highest BCUT2D eigenvalue weighted by atomic mass is 79.9. The zero-order valence-corrected chi connectivity index (χ0v) is 9.97. The van der Waals surface area contributed by atoms with Crippen molar-refractivity contribution in [2.75, 3.05) is 0 Å². The van der Waals surface area contributed by atoms with Gasteiger partial charge in [0.15, 0.2) is 5.69 Å².